The third-order valence-electron chi connectivity index (χ3n) is 4.16. The highest BCUT2D eigenvalue weighted by Crippen LogP contribution is 2.23. The summed E-state index contributed by atoms with van der Waals surface area (Å²) >= 11 is 1.14. The number of methoxy groups -OCH3 is 2. The zero-order valence-electron chi connectivity index (χ0n) is 15.7. The smallest absolute Gasteiger partial charge is 0.307 e. The van der Waals surface area contributed by atoms with E-state index in [2.05, 4.69) is 9.73 Å². The van der Waals surface area contributed by atoms with Crippen molar-refractivity contribution in [2.24, 2.45) is 4.99 Å². The van der Waals surface area contributed by atoms with Gasteiger partial charge in [0, 0.05) is 24.2 Å². The maximum atomic E-state index is 12.7. The van der Waals surface area contributed by atoms with Gasteiger partial charge in [0.05, 0.1) is 35.8 Å². The molecule has 2 aromatic carbocycles. The van der Waals surface area contributed by atoms with Crippen LogP contribution < -0.4 is 9.54 Å². The standard InChI is InChI=1S/C19H17N3O6S/c1-27-14-5-3-4-12(10-14)18(24)20-19-21(9-8-17(23)28-2)15-7-6-13(22(25)26)11-16(15)29-19/h3-7,10-11H,8-9H2,1-2H3. The van der Waals surface area contributed by atoms with Crippen molar-refractivity contribution in [3.05, 3.63) is 62.9 Å². The van der Waals surface area contributed by atoms with E-state index in [4.69, 9.17) is 4.74 Å². The summed E-state index contributed by atoms with van der Waals surface area (Å²) < 4.78 is 12.1. The average molecular weight is 415 g/mol. The molecule has 0 saturated heterocycles. The van der Waals surface area contributed by atoms with E-state index in [0.29, 0.717) is 26.3 Å². The molecule has 0 atom stereocenters. The molecule has 0 spiro atoms. The molecular weight excluding hydrogens is 398 g/mol. The molecule has 150 valence electrons. The van der Waals surface area contributed by atoms with Gasteiger partial charge in [0.15, 0.2) is 4.80 Å². The average Bonchev–Trinajstić information content (AvgIpc) is 3.07. The molecule has 1 heterocycles. The first-order valence-electron chi connectivity index (χ1n) is 8.50. The highest BCUT2D eigenvalue weighted by molar-refractivity contribution is 7.16. The summed E-state index contributed by atoms with van der Waals surface area (Å²) in [4.78, 5) is 39.3. The number of ether oxygens (including phenoxy) is 2. The summed E-state index contributed by atoms with van der Waals surface area (Å²) in [7, 11) is 2.79. The molecule has 1 amide bonds. The van der Waals surface area contributed by atoms with E-state index in [-0.39, 0.29) is 18.7 Å². The second-order valence-corrected chi connectivity index (χ2v) is 6.93. The molecule has 0 aliphatic heterocycles. The fourth-order valence-electron chi connectivity index (χ4n) is 2.69. The molecule has 0 bridgehead atoms. The minimum Gasteiger partial charge on any atom is -0.497 e. The van der Waals surface area contributed by atoms with Crippen molar-refractivity contribution >= 4 is 39.1 Å². The Morgan fingerprint density at radius 2 is 2.00 bits per heavy atom. The van der Waals surface area contributed by atoms with Crippen LogP contribution >= 0.6 is 11.3 Å². The monoisotopic (exact) mass is 415 g/mol. The lowest BCUT2D eigenvalue weighted by Gasteiger charge is -2.04. The maximum absolute atomic E-state index is 12.7. The summed E-state index contributed by atoms with van der Waals surface area (Å²) in [6, 6.07) is 11.0. The van der Waals surface area contributed by atoms with E-state index in [1.807, 2.05) is 0 Å². The number of nitrogens with zero attached hydrogens (tertiary/aromatic N) is 3. The molecule has 0 aliphatic carbocycles. The highest BCUT2D eigenvalue weighted by Gasteiger charge is 2.14. The van der Waals surface area contributed by atoms with Crippen molar-refractivity contribution in [3.8, 4) is 5.75 Å². The van der Waals surface area contributed by atoms with Gasteiger partial charge in [0.2, 0.25) is 0 Å². The van der Waals surface area contributed by atoms with Gasteiger partial charge in [-0.15, -0.1) is 0 Å². The third-order valence-corrected chi connectivity index (χ3v) is 5.20. The van der Waals surface area contributed by atoms with Gasteiger partial charge in [-0.25, -0.2) is 0 Å². The van der Waals surface area contributed by atoms with Crippen LogP contribution in [0.25, 0.3) is 10.2 Å². The van der Waals surface area contributed by atoms with E-state index in [1.54, 1.807) is 34.9 Å². The normalized spacial score (nSPS) is 11.4. The van der Waals surface area contributed by atoms with Gasteiger partial charge in [0.25, 0.3) is 11.6 Å². The molecule has 0 unspecified atom stereocenters. The molecule has 9 nitrogen and oxygen atoms in total. The van der Waals surface area contributed by atoms with Crippen LogP contribution in [0.2, 0.25) is 0 Å². The lowest BCUT2D eigenvalue weighted by atomic mass is 10.2. The number of hydrogen-bond donors (Lipinski definition) is 0. The molecule has 0 radical (unpaired) electrons. The zero-order chi connectivity index (χ0) is 21.0. The van der Waals surface area contributed by atoms with Crippen LogP contribution in [0.1, 0.15) is 16.8 Å². The summed E-state index contributed by atoms with van der Waals surface area (Å²) in [5.74, 6) is -0.378. The van der Waals surface area contributed by atoms with Gasteiger partial charge in [0.1, 0.15) is 5.75 Å². The van der Waals surface area contributed by atoms with E-state index in [1.165, 1.54) is 26.4 Å². The first-order chi connectivity index (χ1) is 13.9. The molecule has 3 aromatic rings. The Morgan fingerprint density at radius 3 is 2.69 bits per heavy atom. The second kappa shape index (κ2) is 8.65. The zero-order valence-corrected chi connectivity index (χ0v) is 16.5. The fourth-order valence-corrected chi connectivity index (χ4v) is 3.78. The Morgan fingerprint density at radius 1 is 1.21 bits per heavy atom. The lowest BCUT2D eigenvalue weighted by molar-refractivity contribution is -0.384. The number of fused-ring (bicyclic) bond motifs is 1. The molecule has 3 rings (SSSR count). The van der Waals surface area contributed by atoms with Crippen molar-refractivity contribution in [1.29, 1.82) is 0 Å². The summed E-state index contributed by atoms with van der Waals surface area (Å²) in [5, 5.41) is 11.1. The molecule has 0 aliphatic rings. The molecule has 0 N–H and O–H groups in total. The predicted molar refractivity (Wildman–Crippen MR) is 106 cm³/mol. The van der Waals surface area contributed by atoms with Gasteiger partial charge < -0.3 is 14.0 Å². The van der Waals surface area contributed by atoms with Crippen LogP contribution in [0, 0.1) is 10.1 Å². The maximum Gasteiger partial charge on any atom is 0.307 e. The Labute approximate surface area is 169 Å². The Hall–Kier alpha value is -3.53. The lowest BCUT2D eigenvalue weighted by Crippen LogP contribution is -2.19. The first-order valence-corrected chi connectivity index (χ1v) is 9.32. The van der Waals surface area contributed by atoms with Gasteiger partial charge >= 0.3 is 5.97 Å². The molecule has 1 aromatic heterocycles. The van der Waals surface area contributed by atoms with Crippen molar-refractivity contribution in [1.82, 2.24) is 4.57 Å². The number of carbonyl (C=O) groups excluding carboxylic acids is 2. The summed E-state index contributed by atoms with van der Waals surface area (Å²) in [6.07, 6.45) is 0.0693. The minimum atomic E-state index is -0.490. The Kier molecular flexibility index (Phi) is 6.03. The Bertz CT molecular complexity index is 1160. The van der Waals surface area contributed by atoms with Crippen LogP contribution in [-0.2, 0) is 16.1 Å². The quantitative estimate of drug-likeness (QED) is 0.347. The van der Waals surface area contributed by atoms with Crippen LogP contribution in [0.5, 0.6) is 5.75 Å². The molecule has 29 heavy (non-hydrogen) atoms. The van der Waals surface area contributed by atoms with E-state index < -0.39 is 16.8 Å². The highest BCUT2D eigenvalue weighted by atomic mass is 32.1. The molecular formula is C19H17N3O6S. The van der Waals surface area contributed by atoms with Gasteiger partial charge in [-0.3, -0.25) is 19.7 Å². The fraction of sp³-hybridized carbons (Fsp3) is 0.211. The van der Waals surface area contributed by atoms with Crippen molar-refractivity contribution < 1.29 is 24.0 Å². The third kappa shape index (κ3) is 4.49. The number of thiazole rings is 1. The number of esters is 1. The molecule has 0 fully saturated rings. The number of amides is 1. The van der Waals surface area contributed by atoms with Crippen molar-refractivity contribution in [2.75, 3.05) is 14.2 Å². The number of nitro groups is 1. The summed E-state index contributed by atoms with van der Waals surface area (Å²) in [6.45, 7) is 0.217. The second-order valence-electron chi connectivity index (χ2n) is 5.92. The van der Waals surface area contributed by atoms with Crippen molar-refractivity contribution in [2.45, 2.75) is 13.0 Å². The van der Waals surface area contributed by atoms with Crippen LogP contribution in [0.4, 0.5) is 5.69 Å². The topological polar surface area (TPSA) is 113 Å². The molecule has 10 heteroatoms. The molecule has 0 saturated carbocycles. The summed E-state index contributed by atoms with van der Waals surface area (Å²) in [5.41, 5.74) is 0.915. The van der Waals surface area contributed by atoms with Gasteiger partial charge in [-0.1, -0.05) is 17.4 Å². The number of rotatable bonds is 6. The number of carbonyl (C=O) groups is 2. The van der Waals surface area contributed by atoms with E-state index in [9.17, 15) is 19.7 Å². The largest absolute Gasteiger partial charge is 0.497 e. The van der Waals surface area contributed by atoms with E-state index >= 15 is 0 Å². The number of aromatic nitrogens is 1. The number of hydrogen-bond acceptors (Lipinski definition) is 7. The Balaban J connectivity index is 2.10. The van der Waals surface area contributed by atoms with E-state index in [0.717, 1.165) is 11.3 Å². The first kappa shape index (κ1) is 20.2. The number of non-ortho nitro benzene ring substituents is 1. The van der Waals surface area contributed by atoms with Crippen LogP contribution in [0.3, 0.4) is 0 Å². The number of benzene rings is 2. The van der Waals surface area contributed by atoms with Crippen LogP contribution in [0.15, 0.2) is 47.5 Å². The van der Waals surface area contributed by atoms with Gasteiger partial charge in [-0.05, 0) is 24.3 Å². The SMILES string of the molecule is COC(=O)CCn1c(=NC(=O)c2cccc(OC)c2)sc2cc([N+](=O)[O-])ccc21. The number of aryl methyl sites for hydroxylation is 1. The minimum absolute atomic E-state index is 0.0652. The number of nitro benzene ring substituents is 1. The van der Waals surface area contributed by atoms with Gasteiger partial charge in [-0.2, -0.15) is 4.99 Å². The van der Waals surface area contributed by atoms with Crippen LogP contribution in [-0.4, -0.2) is 35.6 Å². The van der Waals surface area contributed by atoms with Crippen molar-refractivity contribution in [3.63, 3.8) is 0 Å². The predicted octanol–water partition coefficient (Wildman–Crippen LogP) is 2.92.